The number of alkyl halides is 3. The lowest BCUT2D eigenvalue weighted by Crippen LogP contribution is -2.14. The Morgan fingerprint density at radius 3 is 1.93 bits per heavy atom. The molecule has 0 aliphatic carbocycles. The highest BCUT2D eigenvalue weighted by Gasteiger charge is 2.35. The molecule has 5 rings (SSSR count). The van der Waals surface area contributed by atoms with Gasteiger partial charge in [0.25, 0.3) is 5.95 Å². The zero-order chi connectivity index (χ0) is 29.3. The molecule has 2 aromatic carbocycles. The normalized spacial score (nSPS) is 11.4. The van der Waals surface area contributed by atoms with Crippen LogP contribution in [0.25, 0.3) is 39.9 Å². The molecule has 0 saturated carbocycles. The fourth-order valence-electron chi connectivity index (χ4n) is 4.45. The third-order valence-electron chi connectivity index (χ3n) is 6.40. The molecule has 12 heteroatoms. The van der Waals surface area contributed by atoms with Crippen molar-refractivity contribution >= 4 is 0 Å². The Balaban J connectivity index is 1.81. The molecule has 3 aromatic heterocycles. The second-order valence-electron chi connectivity index (χ2n) is 8.79. The van der Waals surface area contributed by atoms with Crippen LogP contribution in [0.4, 0.5) is 13.2 Å². The summed E-state index contributed by atoms with van der Waals surface area (Å²) in [5, 5.41) is 4.73. The van der Waals surface area contributed by atoms with Gasteiger partial charge in [0.05, 0.1) is 46.1 Å². The van der Waals surface area contributed by atoms with Crippen molar-refractivity contribution in [1.82, 2.24) is 19.7 Å². The summed E-state index contributed by atoms with van der Waals surface area (Å²) in [6.07, 6.45) is -3.40. The molecule has 0 amide bonds. The Morgan fingerprint density at radius 1 is 0.756 bits per heavy atom. The standard InChI is InChI=1S/C29H25F3N4O5/c1-16-26(17-8-10-21(37-2)23(13-17)39-4)35-36(27(16)18-9-11-22(38-3)24(14-18)40-5)28-33-19(20-7-6-12-41-20)15-25(34-28)29(30,31)32/h6-15H,1-5H3. The molecule has 0 saturated heterocycles. The van der Waals surface area contributed by atoms with E-state index < -0.39 is 11.9 Å². The maximum atomic E-state index is 14.0. The molecule has 3 heterocycles. The SMILES string of the molecule is COc1ccc(-c2nn(-c3nc(-c4ccco4)cc(C(F)(F)F)n3)c(-c3ccc(OC)c(OC)c3)c2C)cc1OC. The molecule has 0 fully saturated rings. The van der Waals surface area contributed by atoms with E-state index in [-0.39, 0.29) is 17.4 Å². The summed E-state index contributed by atoms with van der Waals surface area (Å²) in [7, 11) is 6.03. The van der Waals surface area contributed by atoms with Gasteiger partial charge in [-0.3, -0.25) is 0 Å². The molecule has 9 nitrogen and oxygen atoms in total. The first kappa shape index (κ1) is 27.6. The van der Waals surface area contributed by atoms with Gasteiger partial charge in [-0.15, -0.1) is 0 Å². The van der Waals surface area contributed by atoms with E-state index in [1.54, 1.807) is 42.5 Å². The molecule has 0 aliphatic rings. The molecule has 41 heavy (non-hydrogen) atoms. The first-order chi connectivity index (χ1) is 19.7. The van der Waals surface area contributed by atoms with E-state index in [4.69, 9.17) is 28.5 Å². The lowest BCUT2D eigenvalue weighted by Gasteiger charge is -2.13. The summed E-state index contributed by atoms with van der Waals surface area (Å²) < 4.78 is 70.3. The van der Waals surface area contributed by atoms with Gasteiger partial charge in [-0.25, -0.2) is 9.97 Å². The van der Waals surface area contributed by atoms with E-state index in [0.717, 1.165) is 6.07 Å². The van der Waals surface area contributed by atoms with Crippen molar-refractivity contribution in [3.8, 4) is 62.9 Å². The number of furan rings is 1. The van der Waals surface area contributed by atoms with E-state index in [1.807, 2.05) is 6.92 Å². The Hall–Kier alpha value is -5.00. The molecule has 5 aromatic rings. The molecule has 0 atom stereocenters. The largest absolute Gasteiger partial charge is 0.493 e. The first-order valence-corrected chi connectivity index (χ1v) is 12.2. The highest BCUT2D eigenvalue weighted by Crippen LogP contribution is 2.40. The van der Waals surface area contributed by atoms with Crippen molar-refractivity contribution in [3.63, 3.8) is 0 Å². The zero-order valence-corrected chi connectivity index (χ0v) is 22.7. The Morgan fingerprint density at radius 2 is 1.37 bits per heavy atom. The summed E-state index contributed by atoms with van der Waals surface area (Å²) in [5.74, 6) is 1.72. The number of halogens is 3. The van der Waals surface area contributed by atoms with Crippen LogP contribution in [-0.2, 0) is 6.18 Å². The minimum Gasteiger partial charge on any atom is -0.493 e. The van der Waals surface area contributed by atoms with E-state index in [0.29, 0.717) is 51.1 Å². The van der Waals surface area contributed by atoms with Crippen LogP contribution >= 0.6 is 0 Å². The molecule has 0 N–H and O–H groups in total. The van der Waals surface area contributed by atoms with Crippen molar-refractivity contribution < 1.29 is 36.5 Å². The van der Waals surface area contributed by atoms with Crippen LogP contribution in [0.3, 0.4) is 0 Å². The lowest BCUT2D eigenvalue weighted by molar-refractivity contribution is -0.141. The van der Waals surface area contributed by atoms with Crippen LogP contribution in [0.2, 0.25) is 0 Å². The quantitative estimate of drug-likeness (QED) is 0.207. The number of ether oxygens (including phenoxy) is 4. The fraction of sp³-hybridized carbons (Fsp3) is 0.207. The molecule has 0 spiro atoms. The average Bonchev–Trinajstić information content (AvgIpc) is 3.64. The number of aromatic nitrogens is 4. The Labute approximate surface area is 233 Å². The number of benzene rings is 2. The van der Waals surface area contributed by atoms with Crippen LogP contribution < -0.4 is 18.9 Å². The third kappa shape index (κ3) is 5.15. The summed E-state index contributed by atoms with van der Waals surface area (Å²) in [6.45, 7) is 1.81. The van der Waals surface area contributed by atoms with E-state index in [1.165, 1.54) is 45.5 Å². The van der Waals surface area contributed by atoms with Crippen LogP contribution in [0, 0.1) is 6.92 Å². The third-order valence-corrected chi connectivity index (χ3v) is 6.40. The smallest absolute Gasteiger partial charge is 0.433 e. The monoisotopic (exact) mass is 566 g/mol. The molecule has 0 aliphatic heterocycles. The van der Waals surface area contributed by atoms with Gasteiger partial charge in [0, 0.05) is 16.7 Å². The van der Waals surface area contributed by atoms with Crippen molar-refractivity contribution in [2.24, 2.45) is 0 Å². The summed E-state index contributed by atoms with van der Waals surface area (Å²) in [4.78, 5) is 8.30. The molecule has 0 radical (unpaired) electrons. The van der Waals surface area contributed by atoms with Crippen LogP contribution in [0.15, 0.2) is 65.3 Å². The van der Waals surface area contributed by atoms with E-state index in [2.05, 4.69) is 9.97 Å². The van der Waals surface area contributed by atoms with Crippen molar-refractivity contribution in [2.45, 2.75) is 13.1 Å². The molecule has 0 unspecified atom stereocenters. The minimum absolute atomic E-state index is 0.0496. The minimum atomic E-state index is -4.75. The second-order valence-corrected chi connectivity index (χ2v) is 8.79. The van der Waals surface area contributed by atoms with Gasteiger partial charge in [-0.2, -0.15) is 23.0 Å². The summed E-state index contributed by atoms with van der Waals surface area (Å²) >= 11 is 0. The summed E-state index contributed by atoms with van der Waals surface area (Å²) in [5.41, 5.74) is 1.58. The van der Waals surface area contributed by atoms with E-state index >= 15 is 0 Å². The van der Waals surface area contributed by atoms with Gasteiger partial charge in [-0.05, 0) is 61.5 Å². The average molecular weight is 567 g/mol. The number of hydrogen-bond donors (Lipinski definition) is 0. The number of rotatable bonds is 8. The van der Waals surface area contributed by atoms with Crippen LogP contribution in [0.5, 0.6) is 23.0 Å². The lowest BCUT2D eigenvalue weighted by atomic mass is 10.0. The Kier molecular flexibility index (Phi) is 7.31. The number of nitrogens with zero attached hydrogens (tertiary/aromatic N) is 4. The highest BCUT2D eigenvalue weighted by atomic mass is 19.4. The molecule has 212 valence electrons. The molecular formula is C29H25F3N4O5. The van der Waals surface area contributed by atoms with Crippen molar-refractivity contribution in [3.05, 3.63) is 72.1 Å². The summed E-state index contributed by atoms with van der Waals surface area (Å²) in [6, 6.07) is 14.3. The molecule has 0 bridgehead atoms. The predicted octanol–water partition coefficient (Wildman–Crippen LogP) is 6.62. The highest BCUT2D eigenvalue weighted by molar-refractivity contribution is 5.77. The molecular weight excluding hydrogens is 541 g/mol. The predicted molar refractivity (Wildman–Crippen MR) is 144 cm³/mol. The Bertz CT molecular complexity index is 1700. The van der Waals surface area contributed by atoms with Gasteiger partial charge in [-0.1, -0.05) is 0 Å². The van der Waals surface area contributed by atoms with Gasteiger partial charge in [0.2, 0.25) is 0 Å². The second kappa shape index (κ2) is 10.9. The first-order valence-electron chi connectivity index (χ1n) is 12.2. The van der Waals surface area contributed by atoms with Crippen LogP contribution in [-0.4, -0.2) is 48.2 Å². The van der Waals surface area contributed by atoms with Crippen molar-refractivity contribution in [2.75, 3.05) is 28.4 Å². The van der Waals surface area contributed by atoms with Crippen LogP contribution in [0.1, 0.15) is 11.3 Å². The number of methoxy groups -OCH3 is 4. The van der Waals surface area contributed by atoms with Gasteiger partial charge in [0.1, 0.15) is 5.69 Å². The maximum absolute atomic E-state index is 14.0. The number of hydrogen-bond acceptors (Lipinski definition) is 8. The van der Waals surface area contributed by atoms with E-state index in [9.17, 15) is 13.2 Å². The van der Waals surface area contributed by atoms with Gasteiger partial charge >= 0.3 is 6.18 Å². The van der Waals surface area contributed by atoms with Gasteiger partial charge in [0.15, 0.2) is 34.5 Å². The maximum Gasteiger partial charge on any atom is 0.433 e. The fourth-order valence-corrected chi connectivity index (χ4v) is 4.45. The zero-order valence-electron chi connectivity index (χ0n) is 22.7. The van der Waals surface area contributed by atoms with Gasteiger partial charge < -0.3 is 23.4 Å². The topological polar surface area (TPSA) is 93.7 Å². The van der Waals surface area contributed by atoms with Crippen molar-refractivity contribution in [1.29, 1.82) is 0 Å².